The fraction of sp³-hybridized carbons (Fsp3) is 0.0400. The Hall–Kier alpha value is -3.94. The third kappa shape index (κ3) is 5.70. The number of hydrogen-bond donors (Lipinski definition) is 3. The minimum absolute atomic E-state index is 0.129. The number of benzene rings is 3. The maximum Gasteiger partial charge on any atom is 0.257 e. The molecule has 34 heavy (non-hydrogen) atoms. The third-order valence-electron chi connectivity index (χ3n) is 4.73. The molecule has 9 heteroatoms. The molecule has 1 aromatic heterocycles. The maximum atomic E-state index is 12.6. The molecule has 4 aromatic rings. The smallest absolute Gasteiger partial charge is 0.257 e. The van der Waals surface area contributed by atoms with Crippen LogP contribution in [0.3, 0.4) is 0 Å². The van der Waals surface area contributed by atoms with Crippen molar-refractivity contribution in [1.82, 2.24) is 9.97 Å². The van der Waals surface area contributed by atoms with Crippen molar-refractivity contribution in [3.05, 3.63) is 94.6 Å². The highest BCUT2D eigenvalue weighted by Gasteiger charge is 2.13. The Morgan fingerprint density at radius 3 is 2.32 bits per heavy atom. The van der Waals surface area contributed by atoms with E-state index in [9.17, 15) is 9.59 Å². The van der Waals surface area contributed by atoms with E-state index in [1.165, 1.54) is 6.92 Å². The van der Waals surface area contributed by atoms with Crippen molar-refractivity contribution < 1.29 is 9.59 Å². The van der Waals surface area contributed by atoms with Gasteiger partial charge in [0, 0.05) is 35.7 Å². The number of halogens is 2. The molecule has 0 spiro atoms. The molecule has 0 unspecified atom stereocenters. The quantitative estimate of drug-likeness (QED) is 0.289. The number of nitrogens with one attached hydrogen (secondary N) is 3. The normalized spacial score (nSPS) is 10.4. The number of amides is 2. The maximum absolute atomic E-state index is 12.6. The Bertz CT molecular complexity index is 1360. The highest BCUT2D eigenvalue weighted by Crippen LogP contribution is 2.27. The topological polar surface area (TPSA) is 96.0 Å². The van der Waals surface area contributed by atoms with Gasteiger partial charge < -0.3 is 16.0 Å². The predicted molar refractivity (Wildman–Crippen MR) is 136 cm³/mol. The summed E-state index contributed by atoms with van der Waals surface area (Å²) in [6, 6.07) is 21.2. The van der Waals surface area contributed by atoms with Crippen molar-refractivity contribution in [3.8, 4) is 11.3 Å². The van der Waals surface area contributed by atoms with E-state index in [0.717, 1.165) is 5.56 Å². The lowest BCUT2D eigenvalue weighted by Gasteiger charge is -2.11. The second-order valence-electron chi connectivity index (χ2n) is 7.29. The molecule has 7 nitrogen and oxygen atoms in total. The van der Waals surface area contributed by atoms with Gasteiger partial charge in [-0.1, -0.05) is 47.5 Å². The molecule has 1 heterocycles. The van der Waals surface area contributed by atoms with Crippen LogP contribution < -0.4 is 16.0 Å². The first-order chi connectivity index (χ1) is 16.4. The van der Waals surface area contributed by atoms with Gasteiger partial charge in [0.25, 0.3) is 5.91 Å². The molecule has 3 N–H and O–H groups in total. The molecule has 0 saturated heterocycles. The lowest BCUT2D eigenvalue weighted by atomic mass is 10.1. The predicted octanol–water partition coefficient (Wildman–Crippen LogP) is 6.40. The van der Waals surface area contributed by atoms with Crippen LogP contribution in [0.5, 0.6) is 0 Å². The Morgan fingerprint density at radius 1 is 0.824 bits per heavy atom. The molecular weight excluding hydrogens is 473 g/mol. The van der Waals surface area contributed by atoms with Crippen LogP contribution in [-0.2, 0) is 4.79 Å². The van der Waals surface area contributed by atoms with Gasteiger partial charge in [-0.25, -0.2) is 9.97 Å². The summed E-state index contributed by atoms with van der Waals surface area (Å²) in [6.07, 6.45) is 1.65. The van der Waals surface area contributed by atoms with Gasteiger partial charge in [0.15, 0.2) is 0 Å². The molecule has 4 rings (SSSR count). The number of hydrogen-bond acceptors (Lipinski definition) is 5. The average molecular weight is 492 g/mol. The van der Waals surface area contributed by atoms with E-state index in [0.29, 0.717) is 33.7 Å². The van der Waals surface area contributed by atoms with Crippen LogP contribution in [0.25, 0.3) is 11.3 Å². The van der Waals surface area contributed by atoms with Gasteiger partial charge >= 0.3 is 0 Å². The van der Waals surface area contributed by atoms with Gasteiger partial charge in [-0.3, -0.25) is 9.59 Å². The molecule has 0 bridgehead atoms. The zero-order valence-electron chi connectivity index (χ0n) is 18.0. The van der Waals surface area contributed by atoms with Crippen molar-refractivity contribution in [2.75, 3.05) is 16.0 Å². The van der Waals surface area contributed by atoms with Crippen molar-refractivity contribution in [2.45, 2.75) is 6.92 Å². The highest BCUT2D eigenvalue weighted by molar-refractivity contribution is 6.44. The molecular formula is C25H19Cl2N5O2. The van der Waals surface area contributed by atoms with Crippen molar-refractivity contribution in [2.24, 2.45) is 0 Å². The summed E-state index contributed by atoms with van der Waals surface area (Å²) in [5.74, 6) is -0.106. The lowest BCUT2D eigenvalue weighted by Crippen LogP contribution is -2.12. The third-order valence-corrected chi connectivity index (χ3v) is 5.55. The Kier molecular flexibility index (Phi) is 7.06. The van der Waals surface area contributed by atoms with Gasteiger partial charge in [-0.15, -0.1) is 0 Å². The summed E-state index contributed by atoms with van der Waals surface area (Å²) < 4.78 is 0. The second kappa shape index (κ2) is 10.3. The summed E-state index contributed by atoms with van der Waals surface area (Å²) in [5.41, 5.74) is 3.84. The first-order valence-electron chi connectivity index (χ1n) is 10.2. The fourth-order valence-corrected chi connectivity index (χ4v) is 3.58. The zero-order valence-corrected chi connectivity index (χ0v) is 19.5. The van der Waals surface area contributed by atoms with E-state index < -0.39 is 0 Å². The van der Waals surface area contributed by atoms with Crippen LogP contribution in [0.15, 0.2) is 79.0 Å². The van der Waals surface area contributed by atoms with Gasteiger partial charge in [0.1, 0.15) is 0 Å². The van der Waals surface area contributed by atoms with Gasteiger partial charge in [0.05, 0.1) is 21.3 Å². The number of aromatic nitrogens is 2. The van der Waals surface area contributed by atoms with E-state index in [1.807, 2.05) is 30.3 Å². The number of nitrogens with zero attached hydrogens (tertiary/aromatic N) is 2. The summed E-state index contributed by atoms with van der Waals surface area (Å²) in [7, 11) is 0. The van der Waals surface area contributed by atoms with E-state index in [2.05, 4.69) is 25.9 Å². The zero-order chi connectivity index (χ0) is 24.1. The molecule has 0 atom stereocenters. The SMILES string of the molecule is CC(=O)Nc1ccc(-c2ccnc(Nc3cccc(NC(=O)c4cccc(Cl)c4Cl)c3)n2)cc1. The van der Waals surface area contributed by atoms with Gasteiger partial charge in [-0.2, -0.15) is 0 Å². The van der Waals surface area contributed by atoms with Gasteiger partial charge in [0.2, 0.25) is 11.9 Å². The lowest BCUT2D eigenvalue weighted by molar-refractivity contribution is -0.114. The van der Waals surface area contributed by atoms with Crippen LogP contribution in [0, 0.1) is 0 Å². The molecule has 0 fully saturated rings. The van der Waals surface area contributed by atoms with Crippen molar-refractivity contribution in [3.63, 3.8) is 0 Å². The molecule has 0 saturated carbocycles. The number of carbonyl (C=O) groups is 2. The van der Waals surface area contributed by atoms with Crippen LogP contribution in [0.2, 0.25) is 10.0 Å². The molecule has 2 amide bonds. The summed E-state index contributed by atoms with van der Waals surface area (Å²) in [4.78, 5) is 32.7. The Morgan fingerprint density at radius 2 is 1.56 bits per heavy atom. The largest absolute Gasteiger partial charge is 0.326 e. The summed E-state index contributed by atoms with van der Waals surface area (Å²) >= 11 is 12.2. The molecule has 0 aliphatic rings. The number of anilines is 4. The summed E-state index contributed by atoms with van der Waals surface area (Å²) in [6.45, 7) is 1.46. The van der Waals surface area contributed by atoms with Crippen LogP contribution in [-0.4, -0.2) is 21.8 Å². The number of rotatable bonds is 6. The van der Waals surface area contributed by atoms with Crippen molar-refractivity contribution >= 4 is 58.0 Å². The Balaban J connectivity index is 1.48. The van der Waals surface area contributed by atoms with Crippen LogP contribution in [0.1, 0.15) is 17.3 Å². The fourth-order valence-electron chi connectivity index (χ4n) is 3.19. The van der Waals surface area contributed by atoms with Crippen LogP contribution in [0.4, 0.5) is 23.0 Å². The van der Waals surface area contributed by atoms with Crippen LogP contribution >= 0.6 is 23.2 Å². The molecule has 170 valence electrons. The molecule has 3 aromatic carbocycles. The van der Waals surface area contributed by atoms with Gasteiger partial charge in [-0.05, 0) is 48.5 Å². The second-order valence-corrected chi connectivity index (χ2v) is 8.07. The number of carbonyl (C=O) groups excluding carboxylic acids is 2. The molecule has 0 aliphatic heterocycles. The first kappa shape index (κ1) is 23.2. The summed E-state index contributed by atoms with van der Waals surface area (Å²) in [5, 5.41) is 9.21. The first-order valence-corrected chi connectivity index (χ1v) is 11.0. The minimum atomic E-state index is -0.370. The monoisotopic (exact) mass is 491 g/mol. The van der Waals surface area contributed by atoms with Crippen molar-refractivity contribution in [1.29, 1.82) is 0 Å². The van der Waals surface area contributed by atoms with E-state index >= 15 is 0 Å². The Labute approximate surface area is 206 Å². The average Bonchev–Trinajstić information content (AvgIpc) is 2.81. The minimum Gasteiger partial charge on any atom is -0.326 e. The molecule has 0 aliphatic carbocycles. The van der Waals surface area contributed by atoms with E-state index in [1.54, 1.807) is 48.7 Å². The molecule has 0 radical (unpaired) electrons. The standard InChI is InChI=1S/C25H19Cl2N5O2/c1-15(33)29-17-10-8-16(9-11-17)22-12-13-28-25(32-22)31-19-5-2-4-18(14-19)30-24(34)20-6-3-7-21(26)23(20)27/h2-14H,1H3,(H,29,33)(H,30,34)(H,28,31,32). The highest BCUT2D eigenvalue weighted by atomic mass is 35.5. The van der Waals surface area contributed by atoms with E-state index in [-0.39, 0.29) is 22.4 Å². The van der Waals surface area contributed by atoms with E-state index in [4.69, 9.17) is 23.2 Å².